The smallest absolute Gasteiger partial charge is 1.00 e. The third-order valence-electron chi connectivity index (χ3n) is 1.17. The molecule has 0 radical (unpaired) electrons. The molecule has 0 unspecified atom stereocenters. The van der Waals surface area contributed by atoms with Crippen molar-refractivity contribution >= 4 is 0 Å². The van der Waals surface area contributed by atoms with Crippen LogP contribution in [0.5, 0.6) is 0 Å². The second-order valence-electron chi connectivity index (χ2n) is 2.01. The molecule has 0 aromatic rings. The molecule has 0 amide bonds. The van der Waals surface area contributed by atoms with Gasteiger partial charge in [-0.15, -0.1) is 12.8 Å². The molecular weight excluding hydrogens is 395 g/mol. The minimum absolute atomic E-state index is 0. The Kier molecular flexibility index (Phi) is 13.6. The third kappa shape index (κ3) is 8.23. The van der Waals surface area contributed by atoms with E-state index in [-0.39, 0.29) is 38.0 Å². The minimum Gasteiger partial charge on any atom is -1.00 e. The molecule has 2 heteroatoms. The first kappa shape index (κ1) is 14.6. The van der Waals surface area contributed by atoms with E-state index in [1.54, 1.807) is 0 Å². The molecule has 0 aromatic heterocycles. The summed E-state index contributed by atoms with van der Waals surface area (Å²) < 4.78 is 0. The van der Waals surface area contributed by atoms with Crippen LogP contribution in [0.25, 0.3) is 0 Å². The number of hydrogen-bond acceptors (Lipinski definition) is 0. The Bertz CT molecular complexity index is 148. The van der Waals surface area contributed by atoms with E-state index in [1.165, 1.54) is 0 Å². The molecule has 0 saturated carbocycles. The summed E-state index contributed by atoms with van der Waals surface area (Å²) in [5.41, 5.74) is 0. The maximum atomic E-state index is 2.99. The molecule has 0 heterocycles. The summed E-state index contributed by atoms with van der Waals surface area (Å²) in [6, 6.07) is 0. The van der Waals surface area contributed by atoms with Crippen LogP contribution in [0.15, 0.2) is 36.5 Å². The van der Waals surface area contributed by atoms with Crippen molar-refractivity contribution in [1.82, 2.24) is 0 Å². The van der Waals surface area contributed by atoms with Crippen LogP contribution < -0.4 is 17.0 Å². The van der Waals surface area contributed by atoms with E-state index in [1.807, 2.05) is 24.3 Å². The second-order valence-corrected chi connectivity index (χ2v) is 2.01. The molecular formula is C10H10BrPt-. The first-order chi connectivity index (χ1) is 5.00. The Balaban J connectivity index is 0. The summed E-state index contributed by atoms with van der Waals surface area (Å²) in [6.45, 7) is 0. The quantitative estimate of drug-likeness (QED) is 0.482. The van der Waals surface area contributed by atoms with Gasteiger partial charge in [0.15, 0.2) is 0 Å². The summed E-state index contributed by atoms with van der Waals surface area (Å²) in [4.78, 5) is 0. The summed E-state index contributed by atoms with van der Waals surface area (Å²) in [7, 11) is 0. The summed E-state index contributed by atoms with van der Waals surface area (Å²) in [5.74, 6) is 0. The predicted molar refractivity (Wildman–Crippen MR) is 43.1 cm³/mol. The molecule has 0 aromatic carbocycles. The molecule has 0 N–H and O–H groups in total. The van der Waals surface area contributed by atoms with Crippen molar-refractivity contribution in [3.8, 4) is 0 Å². The van der Waals surface area contributed by atoms with Gasteiger partial charge in [-0.1, -0.05) is 0 Å². The zero-order valence-corrected chi connectivity index (χ0v) is 10.4. The molecule has 0 nitrogen and oxygen atoms in total. The van der Waals surface area contributed by atoms with Gasteiger partial charge in [-0.25, -0.2) is 24.3 Å². The standard InChI is InChI=1S/2C5H5.BrH.Pt/c2*1-2-4-5-3-1;;/h2*1-3H,4H2;1H;/q2*-1;;+2/p-1. The first-order valence-electron chi connectivity index (χ1n) is 3.43. The predicted octanol–water partition coefficient (Wildman–Crippen LogP) is -0.387. The Labute approximate surface area is 99.2 Å². The summed E-state index contributed by atoms with van der Waals surface area (Å²) in [6.07, 6.45) is 20.0. The fourth-order valence-corrected chi connectivity index (χ4v) is 0.680. The van der Waals surface area contributed by atoms with Gasteiger partial charge in [-0.05, 0) is 0 Å². The van der Waals surface area contributed by atoms with Crippen molar-refractivity contribution in [3.05, 3.63) is 48.6 Å². The average molecular weight is 405 g/mol. The topological polar surface area (TPSA) is 0 Å². The van der Waals surface area contributed by atoms with Crippen LogP contribution in [-0.4, -0.2) is 0 Å². The summed E-state index contributed by atoms with van der Waals surface area (Å²) >= 11 is 0. The van der Waals surface area contributed by atoms with Crippen LogP contribution in [0.1, 0.15) is 12.8 Å². The van der Waals surface area contributed by atoms with Crippen molar-refractivity contribution in [2.75, 3.05) is 0 Å². The van der Waals surface area contributed by atoms with Crippen molar-refractivity contribution in [2.24, 2.45) is 0 Å². The maximum Gasteiger partial charge on any atom is 2.00 e. The Morgan fingerprint density at radius 2 is 1.25 bits per heavy atom. The molecule has 68 valence electrons. The van der Waals surface area contributed by atoms with Gasteiger partial charge < -0.3 is 17.0 Å². The van der Waals surface area contributed by atoms with Gasteiger partial charge in [-0.3, -0.25) is 12.2 Å². The van der Waals surface area contributed by atoms with Gasteiger partial charge >= 0.3 is 21.1 Å². The van der Waals surface area contributed by atoms with Gasteiger partial charge in [0.05, 0.1) is 0 Å². The van der Waals surface area contributed by atoms with Gasteiger partial charge in [0.25, 0.3) is 0 Å². The fourth-order valence-electron chi connectivity index (χ4n) is 0.680. The average Bonchev–Trinajstić information content (AvgIpc) is 2.67. The van der Waals surface area contributed by atoms with Gasteiger partial charge in [-0.2, -0.15) is 12.2 Å². The van der Waals surface area contributed by atoms with E-state index < -0.39 is 0 Å². The van der Waals surface area contributed by atoms with E-state index in [2.05, 4.69) is 24.3 Å². The molecule has 2 aliphatic carbocycles. The molecule has 12 heavy (non-hydrogen) atoms. The Morgan fingerprint density at radius 3 is 1.33 bits per heavy atom. The van der Waals surface area contributed by atoms with Gasteiger partial charge in [0, 0.05) is 0 Å². The van der Waals surface area contributed by atoms with Crippen molar-refractivity contribution in [3.63, 3.8) is 0 Å². The van der Waals surface area contributed by atoms with Crippen molar-refractivity contribution in [1.29, 1.82) is 0 Å². The largest absolute Gasteiger partial charge is 2.00 e. The first-order valence-corrected chi connectivity index (χ1v) is 3.43. The zero-order valence-electron chi connectivity index (χ0n) is 6.57. The minimum atomic E-state index is 0. The van der Waals surface area contributed by atoms with Gasteiger partial charge in [0.2, 0.25) is 0 Å². The normalized spacial score (nSPS) is 14.7. The fraction of sp³-hybridized carbons (Fsp3) is 0.200. The monoisotopic (exact) mass is 404 g/mol. The second kappa shape index (κ2) is 11.1. The number of halogens is 1. The molecule has 0 aliphatic heterocycles. The number of allylic oxidation sites excluding steroid dienone is 8. The van der Waals surface area contributed by atoms with E-state index >= 15 is 0 Å². The molecule has 0 spiro atoms. The van der Waals surface area contributed by atoms with Gasteiger partial charge in [0.1, 0.15) is 0 Å². The molecule has 2 rings (SSSR count). The zero-order chi connectivity index (χ0) is 7.07. The van der Waals surface area contributed by atoms with Crippen LogP contribution in [-0.2, 0) is 21.1 Å². The Morgan fingerprint density at radius 1 is 0.833 bits per heavy atom. The SMILES string of the molecule is [Br-].[C-]1=CC=CC1.[C-]1=CC=CC1.[Pt+2]. The maximum absolute atomic E-state index is 2.99. The number of rotatable bonds is 0. The van der Waals surface area contributed by atoms with Crippen LogP contribution in [0.4, 0.5) is 0 Å². The molecule has 2 aliphatic rings. The number of hydrogen-bond donors (Lipinski definition) is 0. The van der Waals surface area contributed by atoms with Crippen LogP contribution in [0.3, 0.4) is 0 Å². The van der Waals surface area contributed by atoms with Crippen LogP contribution >= 0.6 is 0 Å². The van der Waals surface area contributed by atoms with E-state index in [4.69, 9.17) is 0 Å². The van der Waals surface area contributed by atoms with E-state index in [9.17, 15) is 0 Å². The van der Waals surface area contributed by atoms with Crippen LogP contribution in [0.2, 0.25) is 0 Å². The molecule has 0 bridgehead atoms. The molecule has 0 saturated heterocycles. The molecule has 0 atom stereocenters. The van der Waals surface area contributed by atoms with Crippen molar-refractivity contribution in [2.45, 2.75) is 12.8 Å². The van der Waals surface area contributed by atoms with E-state index in [0.717, 1.165) is 12.8 Å². The third-order valence-corrected chi connectivity index (χ3v) is 1.17. The van der Waals surface area contributed by atoms with Crippen molar-refractivity contribution < 1.29 is 38.0 Å². The molecule has 0 fully saturated rings. The summed E-state index contributed by atoms with van der Waals surface area (Å²) in [5, 5.41) is 0. The van der Waals surface area contributed by atoms with Crippen LogP contribution in [0, 0.1) is 12.2 Å². The Hall–Kier alpha value is 0.128. The van der Waals surface area contributed by atoms with E-state index in [0.29, 0.717) is 0 Å².